The van der Waals surface area contributed by atoms with E-state index < -0.39 is 10.7 Å². The van der Waals surface area contributed by atoms with E-state index in [1.54, 1.807) is 23.1 Å². The summed E-state index contributed by atoms with van der Waals surface area (Å²) in [6, 6.07) is 14.8. The van der Waals surface area contributed by atoms with Crippen molar-refractivity contribution < 1.29 is 21.9 Å². The van der Waals surface area contributed by atoms with Crippen molar-refractivity contribution in [2.24, 2.45) is 7.05 Å². The zero-order valence-electron chi connectivity index (χ0n) is 12.1. The Morgan fingerprint density at radius 2 is 1.73 bits per heavy atom. The SMILES string of the molecule is COC(=O)c1ccccc1-[s+]1c2ccccc2c(=O)n1C.[Cl-]. The van der Waals surface area contributed by atoms with Crippen LogP contribution in [0.4, 0.5) is 0 Å². The molecule has 0 fully saturated rings. The van der Waals surface area contributed by atoms with E-state index in [0.717, 1.165) is 9.60 Å². The number of carbonyl (C=O) groups is 1. The average molecular weight is 336 g/mol. The van der Waals surface area contributed by atoms with Gasteiger partial charge in [0.1, 0.15) is 21.6 Å². The van der Waals surface area contributed by atoms with Crippen molar-refractivity contribution in [2.75, 3.05) is 7.11 Å². The highest BCUT2D eigenvalue weighted by molar-refractivity contribution is 7.41. The second-order valence-electron chi connectivity index (χ2n) is 4.57. The predicted octanol–water partition coefficient (Wildman–Crippen LogP) is 0.0674. The summed E-state index contributed by atoms with van der Waals surface area (Å²) in [5, 5.41) is 0.697. The molecule has 6 heteroatoms. The minimum Gasteiger partial charge on any atom is -1.00 e. The highest BCUT2D eigenvalue weighted by Gasteiger charge is 2.28. The van der Waals surface area contributed by atoms with Crippen molar-refractivity contribution in [3.05, 3.63) is 64.4 Å². The van der Waals surface area contributed by atoms with Crippen molar-refractivity contribution in [2.45, 2.75) is 0 Å². The van der Waals surface area contributed by atoms with Crippen LogP contribution in [0.15, 0.2) is 53.3 Å². The number of benzene rings is 2. The summed E-state index contributed by atoms with van der Waals surface area (Å²) in [4.78, 5) is 25.1. The van der Waals surface area contributed by atoms with Crippen LogP contribution in [0.25, 0.3) is 15.0 Å². The zero-order chi connectivity index (χ0) is 15.0. The van der Waals surface area contributed by atoms with E-state index in [0.29, 0.717) is 10.9 Å². The molecule has 114 valence electrons. The third kappa shape index (κ3) is 2.42. The molecule has 1 aromatic heterocycles. The fraction of sp³-hybridized carbons (Fsp3) is 0.125. The molecule has 1 heterocycles. The van der Waals surface area contributed by atoms with Crippen LogP contribution in [0.2, 0.25) is 0 Å². The van der Waals surface area contributed by atoms with Crippen LogP contribution in [0, 0.1) is 0 Å². The molecule has 0 saturated heterocycles. The van der Waals surface area contributed by atoms with E-state index in [9.17, 15) is 9.59 Å². The maximum atomic E-state index is 12.3. The molecule has 0 radical (unpaired) electrons. The third-order valence-electron chi connectivity index (χ3n) is 3.39. The van der Waals surface area contributed by atoms with Crippen LogP contribution in [-0.4, -0.2) is 17.0 Å². The number of rotatable bonds is 2. The summed E-state index contributed by atoms with van der Waals surface area (Å²) in [7, 11) is 2.53. The Labute approximate surface area is 136 Å². The first kappa shape index (κ1) is 16.3. The average Bonchev–Trinajstić information content (AvgIpc) is 2.78. The van der Waals surface area contributed by atoms with Crippen molar-refractivity contribution in [1.29, 1.82) is 0 Å². The number of ether oxygens (including phenoxy) is 1. The monoisotopic (exact) mass is 335 g/mol. The van der Waals surface area contributed by atoms with Crippen LogP contribution in [0.3, 0.4) is 0 Å². The Balaban J connectivity index is 0.00000176. The molecule has 3 aromatic rings. The molecule has 0 amide bonds. The molecule has 0 spiro atoms. The van der Waals surface area contributed by atoms with Crippen LogP contribution < -0.4 is 18.0 Å². The largest absolute Gasteiger partial charge is 1.00 e. The van der Waals surface area contributed by atoms with Crippen molar-refractivity contribution in [3.63, 3.8) is 0 Å². The van der Waals surface area contributed by atoms with E-state index in [1.165, 1.54) is 7.11 Å². The standard InChI is InChI=1S/C16H14NO3S.ClH/c1-17-15(18)11-7-3-5-9-13(11)21(17)14-10-6-4-8-12(14)16(19)20-2;/h3-10H,1-2H3;1H/q+1;/p-1. The van der Waals surface area contributed by atoms with Gasteiger partial charge in [-0.25, -0.2) is 4.79 Å². The molecule has 1 atom stereocenters. The molecule has 3 rings (SSSR count). The van der Waals surface area contributed by atoms with Crippen molar-refractivity contribution in [3.8, 4) is 4.90 Å². The predicted molar refractivity (Wildman–Crippen MR) is 84.3 cm³/mol. The van der Waals surface area contributed by atoms with Crippen molar-refractivity contribution >= 4 is 26.7 Å². The first-order chi connectivity index (χ1) is 10.1. The molecule has 0 aliphatic heterocycles. The van der Waals surface area contributed by atoms with Gasteiger partial charge in [-0.3, -0.25) is 4.79 Å². The van der Waals surface area contributed by atoms with Gasteiger partial charge in [0.05, 0.1) is 14.2 Å². The number of halogens is 1. The highest BCUT2D eigenvalue weighted by Crippen LogP contribution is 2.38. The van der Waals surface area contributed by atoms with Crippen LogP contribution in [0.5, 0.6) is 0 Å². The summed E-state index contributed by atoms with van der Waals surface area (Å²) in [6.45, 7) is 0. The lowest BCUT2D eigenvalue weighted by atomic mass is 10.2. The van der Waals surface area contributed by atoms with Gasteiger partial charge in [0.15, 0.2) is 0 Å². The Morgan fingerprint density at radius 1 is 1.09 bits per heavy atom. The molecule has 0 bridgehead atoms. The molecule has 22 heavy (non-hydrogen) atoms. The summed E-state index contributed by atoms with van der Waals surface area (Å²) in [5.41, 5.74) is 0.480. The van der Waals surface area contributed by atoms with E-state index >= 15 is 0 Å². The first-order valence-corrected chi connectivity index (χ1v) is 7.62. The summed E-state index contributed by atoms with van der Waals surface area (Å²) >= 11 is 0. The van der Waals surface area contributed by atoms with Gasteiger partial charge in [-0.1, -0.05) is 24.3 Å². The second-order valence-corrected chi connectivity index (χ2v) is 6.57. The molecule has 4 nitrogen and oxygen atoms in total. The molecule has 1 unspecified atom stereocenters. The number of nitrogens with zero attached hydrogens (tertiary/aromatic N) is 1. The van der Waals surface area contributed by atoms with Gasteiger partial charge in [-0.15, -0.1) is 3.96 Å². The molecular formula is C16H14ClNO3S. The number of hydrogen-bond acceptors (Lipinski definition) is 3. The maximum absolute atomic E-state index is 12.3. The quantitative estimate of drug-likeness (QED) is 0.492. The maximum Gasteiger partial charge on any atom is 0.343 e. The number of fused-ring (bicyclic) bond motifs is 1. The Hall–Kier alpha value is -2.11. The second kappa shape index (κ2) is 6.34. The molecule has 2 aromatic carbocycles. The molecule has 0 N–H and O–H groups in total. The molecular weight excluding hydrogens is 322 g/mol. The lowest BCUT2D eigenvalue weighted by Crippen LogP contribution is -3.00. The fourth-order valence-corrected chi connectivity index (χ4v) is 4.62. The number of carbonyl (C=O) groups excluding carboxylic acids is 1. The lowest BCUT2D eigenvalue weighted by molar-refractivity contribution is -0.0000188. The van der Waals surface area contributed by atoms with Gasteiger partial charge in [-0.2, -0.15) is 0 Å². The first-order valence-electron chi connectivity index (χ1n) is 6.44. The Morgan fingerprint density at radius 3 is 2.45 bits per heavy atom. The van der Waals surface area contributed by atoms with Crippen LogP contribution in [-0.2, 0) is 11.8 Å². The summed E-state index contributed by atoms with van der Waals surface area (Å²) < 4.78 is 7.48. The minimum absolute atomic E-state index is 0. The number of esters is 1. The van der Waals surface area contributed by atoms with Crippen molar-refractivity contribution in [1.82, 2.24) is 3.96 Å². The van der Waals surface area contributed by atoms with Gasteiger partial charge in [0.2, 0.25) is 9.60 Å². The summed E-state index contributed by atoms with van der Waals surface area (Å²) in [5.74, 6) is -0.386. The van der Waals surface area contributed by atoms with E-state index in [1.807, 2.05) is 36.4 Å². The minimum atomic E-state index is -0.591. The van der Waals surface area contributed by atoms with Crippen LogP contribution >= 0.6 is 10.7 Å². The highest BCUT2D eigenvalue weighted by atomic mass is 35.5. The lowest BCUT2D eigenvalue weighted by Gasteiger charge is -2.01. The van der Waals surface area contributed by atoms with E-state index in [2.05, 4.69) is 0 Å². The van der Waals surface area contributed by atoms with E-state index in [-0.39, 0.29) is 23.9 Å². The Kier molecular flexibility index (Phi) is 4.68. The number of hydrogen-bond donors (Lipinski definition) is 0. The number of methoxy groups -OCH3 is 1. The topological polar surface area (TPSA) is 48.3 Å². The fourth-order valence-electron chi connectivity index (χ4n) is 2.39. The van der Waals surface area contributed by atoms with Gasteiger partial charge in [0, 0.05) is 12.1 Å². The number of aromatic nitrogens is 1. The van der Waals surface area contributed by atoms with Crippen LogP contribution in [0.1, 0.15) is 10.4 Å². The Bertz CT molecular complexity index is 898. The smallest absolute Gasteiger partial charge is 0.343 e. The van der Waals surface area contributed by atoms with Gasteiger partial charge >= 0.3 is 11.5 Å². The zero-order valence-corrected chi connectivity index (χ0v) is 13.6. The molecule has 0 aliphatic rings. The van der Waals surface area contributed by atoms with Gasteiger partial charge < -0.3 is 17.1 Å². The third-order valence-corrected chi connectivity index (χ3v) is 5.65. The summed E-state index contributed by atoms with van der Waals surface area (Å²) in [6.07, 6.45) is 0. The van der Waals surface area contributed by atoms with Gasteiger partial charge in [0.25, 0.3) is 0 Å². The molecule has 0 aliphatic carbocycles. The normalized spacial score (nSPS) is 11.1. The van der Waals surface area contributed by atoms with E-state index in [4.69, 9.17) is 4.74 Å². The molecule has 0 saturated carbocycles. The van der Waals surface area contributed by atoms with Gasteiger partial charge in [-0.05, 0) is 12.1 Å².